The Bertz CT molecular complexity index is 1070. The summed E-state index contributed by atoms with van der Waals surface area (Å²) in [5.74, 6) is 0.627. The third-order valence-electron chi connectivity index (χ3n) is 5.20. The molecular weight excluding hydrogens is 374 g/mol. The molecule has 4 rings (SSSR count). The molecule has 1 saturated heterocycles. The summed E-state index contributed by atoms with van der Waals surface area (Å²) < 4.78 is 33.2. The zero-order valence-electron chi connectivity index (χ0n) is 15.8. The van der Waals surface area contributed by atoms with Gasteiger partial charge >= 0.3 is 0 Å². The van der Waals surface area contributed by atoms with Gasteiger partial charge in [0.25, 0.3) is 10.0 Å². The van der Waals surface area contributed by atoms with Crippen LogP contribution in [0.4, 0.5) is 0 Å². The maximum Gasteiger partial charge on any atom is 0.264 e. The number of ether oxygens (including phenoxy) is 1. The van der Waals surface area contributed by atoms with Crippen LogP contribution in [-0.4, -0.2) is 42.4 Å². The van der Waals surface area contributed by atoms with Gasteiger partial charge in [-0.2, -0.15) is 4.31 Å². The lowest BCUT2D eigenvalue weighted by Crippen LogP contribution is -2.38. The van der Waals surface area contributed by atoms with E-state index >= 15 is 0 Å². The quantitative estimate of drug-likeness (QED) is 0.658. The van der Waals surface area contributed by atoms with Gasteiger partial charge in [-0.25, -0.2) is 13.4 Å². The van der Waals surface area contributed by atoms with Crippen molar-refractivity contribution < 1.29 is 13.2 Å². The number of piperidine rings is 1. The number of nitrogens with zero attached hydrogens (tertiary/aromatic N) is 3. The first-order valence-electron chi connectivity index (χ1n) is 9.53. The molecule has 146 valence electrons. The first-order chi connectivity index (χ1) is 13.6. The van der Waals surface area contributed by atoms with Crippen LogP contribution in [0.15, 0.2) is 59.9 Å². The highest BCUT2D eigenvalue weighted by molar-refractivity contribution is 7.89. The summed E-state index contributed by atoms with van der Waals surface area (Å²) in [6.45, 7) is 3.15. The minimum Gasteiger partial charge on any atom is -0.491 e. The standard InChI is InChI=1S/C21H23N3O3S/c1-2-27-20-8-5-12-23-21(20)28(25,26)24-14-10-16(11-15-24)17-9-13-22-19-7-4-3-6-18(17)19/h3-9,12-13,16H,2,10-11,14-15H2,1H3. The summed E-state index contributed by atoms with van der Waals surface area (Å²) in [4.78, 5) is 8.53. The van der Waals surface area contributed by atoms with Crippen LogP contribution in [0, 0.1) is 0 Å². The van der Waals surface area contributed by atoms with Crippen molar-refractivity contribution in [3.05, 3.63) is 60.4 Å². The smallest absolute Gasteiger partial charge is 0.264 e. The summed E-state index contributed by atoms with van der Waals surface area (Å²) >= 11 is 0. The second kappa shape index (κ2) is 7.85. The Morgan fingerprint density at radius 1 is 1.04 bits per heavy atom. The predicted molar refractivity (Wildman–Crippen MR) is 108 cm³/mol. The summed E-state index contributed by atoms with van der Waals surface area (Å²) in [7, 11) is -3.68. The third kappa shape index (κ3) is 3.47. The zero-order valence-corrected chi connectivity index (χ0v) is 16.6. The van der Waals surface area contributed by atoms with Crippen LogP contribution in [0.5, 0.6) is 5.75 Å². The van der Waals surface area contributed by atoms with Gasteiger partial charge in [-0.15, -0.1) is 0 Å². The molecule has 0 spiro atoms. The first-order valence-corrected chi connectivity index (χ1v) is 11.0. The molecular formula is C21H23N3O3S. The van der Waals surface area contributed by atoms with E-state index in [9.17, 15) is 8.42 Å². The van der Waals surface area contributed by atoms with Crippen molar-refractivity contribution in [3.8, 4) is 5.75 Å². The minimum atomic E-state index is -3.68. The molecule has 6 nitrogen and oxygen atoms in total. The number of rotatable bonds is 5. The number of fused-ring (bicyclic) bond motifs is 1. The highest BCUT2D eigenvalue weighted by Gasteiger charge is 2.33. The minimum absolute atomic E-state index is 0.00432. The van der Waals surface area contributed by atoms with Crippen molar-refractivity contribution in [3.63, 3.8) is 0 Å². The molecule has 0 radical (unpaired) electrons. The summed E-state index contributed by atoms with van der Waals surface area (Å²) in [6.07, 6.45) is 4.86. The maximum absolute atomic E-state index is 13.1. The maximum atomic E-state index is 13.1. The van der Waals surface area contributed by atoms with Crippen molar-refractivity contribution in [2.75, 3.05) is 19.7 Å². The Hall–Kier alpha value is -2.51. The molecule has 0 N–H and O–H groups in total. The highest BCUT2D eigenvalue weighted by Crippen LogP contribution is 2.35. The van der Waals surface area contributed by atoms with Crippen molar-refractivity contribution in [2.24, 2.45) is 0 Å². The molecule has 0 saturated carbocycles. The molecule has 7 heteroatoms. The lowest BCUT2D eigenvalue weighted by atomic mass is 9.88. The van der Waals surface area contributed by atoms with Gasteiger partial charge in [0.05, 0.1) is 12.1 Å². The Morgan fingerprint density at radius 2 is 1.82 bits per heavy atom. The normalized spacial score (nSPS) is 16.3. The number of benzene rings is 1. The van der Waals surface area contributed by atoms with E-state index in [0.29, 0.717) is 31.4 Å². The lowest BCUT2D eigenvalue weighted by Gasteiger charge is -2.31. The molecule has 1 fully saturated rings. The van der Waals surface area contributed by atoms with Crippen LogP contribution in [-0.2, 0) is 10.0 Å². The van der Waals surface area contributed by atoms with E-state index in [1.165, 1.54) is 16.1 Å². The second-order valence-electron chi connectivity index (χ2n) is 6.84. The van der Waals surface area contributed by atoms with Gasteiger partial charge in [0.1, 0.15) is 0 Å². The molecule has 1 aliphatic heterocycles. The molecule has 0 aliphatic carbocycles. The predicted octanol–water partition coefficient (Wildman–Crippen LogP) is 3.60. The fourth-order valence-electron chi connectivity index (χ4n) is 3.84. The number of hydrogen-bond donors (Lipinski definition) is 0. The molecule has 28 heavy (non-hydrogen) atoms. The molecule has 2 aromatic heterocycles. The molecule has 0 unspecified atom stereocenters. The van der Waals surface area contributed by atoms with Gasteiger partial charge in [0, 0.05) is 30.9 Å². The van der Waals surface area contributed by atoms with Gasteiger partial charge in [0.15, 0.2) is 5.75 Å². The molecule has 3 heterocycles. The van der Waals surface area contributed by atoms with E-state index in [4.69, 9.17) is 4.74 Å². The van der Waals surface area contributed by atoms with E-state index in [2.05, 4.69) is 22.1 Å². The average molecular weight is 398 g/mol. The van der Waals surface area contributed by atoms with Crippen molar-refractivity contribution in [1.29, 1.82) is 0 Å². The van der Waals surface area contributed by atoms with Crippen LogP contribution >= 0.6 is 0 Å². The third-order valence-corrected chi connectivity index (χ3v) is 7.04. The Balaban J connectivity index is 1.56. The van der Waals surface area contributed by atoms with E-state index in [1.807, 2.05) is 31.3 Å². The number of aromatic nitrogens is 2. The van der Waals surface area contributed by atoms with E-state index < -0.39 is 10.0 Å². The monoisotopic (exact) mass is 397 g/mol. The van der Waals surface area contributed by atoms with Crippen LogP contribution in [0.1, 0.15) is 31.2 Å². The first kappa shape index (κ1) is 18.8. The second-order valence-corrected chi connectivity index (χ2v) is 8.69. The molecule has 3 aromatic rings. The van der Waals surface area contributed by atoms with Gasteiger partial charge in [-0.1, -0.05) is 18.2 Å². The van der Waals surface area contributed by atoms with Gasteiger partial charge in [-0.05, 0) is 55.5 Å². The summed E-state index contributed by atoms with van der Waals surface area (Å²) in [5.41, 5.74) is 2.22. The molecule has 1 aliphatic rings. The molecule has 0 bridgehead atoms. The Kier molecular flexibility index (Phi) is 5.28. The molecule has 0 atom stereocenters. The van der Waals surface area contributed by atoms with Gasteiger partial charge < -0.3 is 4.74 Å². The fraction of sp³-hybridized carbons (Fsp3) is 0.333. The van der Waals surface area contributed by atoms with Crippen LogP contribution in [0.3, 0.4) is 0 Å². The van der Waals surface area contributed by atoms with E-state index in [-0.39, 0.29) is 5.03 Å². The topological polar surface area (TPSA) is 72.4 Å². The van der Waals surface area contributed by atoms with Crippen LogP contribution in [0.25, 0.3) is 10.9 Å². The van der Waals surface area contributed by atoms with Crippen molar-refractivity contribution in [2.45, 2.75) is 30.7 Å². The van der Waals surface area contributed by atoms with E-state index in [1.54, 1.807) is 12.1 Å². The van der Waals surface area contributed by atoms with Crippen molar-refractivity contribution >= 4 is 20.9 Å². The largest absolute Gasteiger partial charge is 0.491 e. The summed E-state index contributed by atoms with van der Waals surface area (Å²) in [6, 6.07) is 13.5. The average Bonchev–Trinajstić information content (AvgIpc) is 2.74. The van der Waals surface area contributed by atoms with Gasteiger partial charge in [0.2, 0.25) is 5.03 Å². The zero-order chi connectivity index (χ0) is 19.6. The van der Waals surface area contributed by atoms with Crippen LogP contribution < -0.4 is 4.74 Å². The molecule has 1 aromatic carbocycles. The SMILES string of the molecule is CCOc1cccnc1S(=O)(=O)N1CCC(c2ccnc3ccccc23)CC1. The Morgan fingerprint density at radius 3 is 2.61 bits per heavy atom. The number of pyridine rings is 2. The van der Waals surface area contributed by atoms with Gasteiger partial charge in [-0.3, -0.25) is 4.98 Å². The fourth-order valence-corrected chi connectivity index (χ4v) is 5.35. The number of hydrogen-bond acceptors (Lipinski definition) is 5. The number of sulfonamides is 1. The number of para-hydroxylation sites is 1. The molecule has 0 amide bonds. The lowest BCUT2D eigenvalue weighted by molar-refractivity contribution is 0.308. The van der Waals surface area contributed by atoms with Crippen LogP contribution in [0.2, 0.25) is 0 Å². The van der Waals surface area contributed by atoms with Crippen molar-refractivity contribution in [1.82, 2.24) is 14.3 Å². The Labute approximate surface area is 165 Å². The van der Waals surface area contributed by atoms with E-state index in [0.717, 1.165) is 23.7 Å². The highest BCUT2D eigenvalue weighted by atomic mass is 32.2. The summed E-state index contributed by atoms with van der Waals surface area (Å²) in [5, 5.41) is 1.15.